The normalized spacial score (nSPS) is 11.2. The first-order chi connectivity index (χ1) is 8.55. The van der Waals surface area contributed by atoms with Gasteiger partial charge < -0.3 is 5.32 Å². The quantitative estimate of drug-likeness (QED) is 0.601. The van der Waals surface area contributed by atoms with Gasteiger partial charge >= 0.3 is 0 Å². The summed E-state index contributed by atoms with van der Waals surface area (Å²) in [5.41, 5.74) is 0. The van der Waals surface area contributed by atoms with Gasteiger partial charge in [0.2, 0.25) is 0 Å². The van der Waals surface area contributed by atoms with Crippen LogP contribution in [0.5, 0.6) is 0 Å². The summed E-state index contributed by atoms with van der Waals surface area (Å²) >= 11 is 0. The maximum Gasteiger partial charge on any atom is -0.00775 e. The topological polar surface area (TPSA) is 12.0 Å². The molecule has 0 aliphatic carbocycles. The summed E-state index contributed by atoms with van der Waals surface area (Å²) < 4.78 is 0. The minimum absolute atomic E-state index is 0.884. The summed E-state index contributed by atoms with van der Waals surface area (Å²) in [5, 5.41) is 3.11. The highest BCUT2D eigenvalue weighted by atomic mass is 14.8. The molecule has 0 rings (SSSR count). The zero-order valence-electron chi connectivity index (χ0n) is 14.6. The third-order valence-corrected chi connectivity index (χ3v) is 3.13. The Morgan fingerprint density at radius 3 is 1.22 bits per heavy atom. The molecule has 0 heterocycles. The van der Waals surface area contributed by atoms with Crippen molar-refractivity contribution in [2.75, 3.05) is 13.1 Å². The molecule has 0 aromatic rings. The van der Waals surface area contributed by atoms with Crippen LogP contribution >= 0.6 is 0 Å². The highest BCUT2D eigenvalue weighted by molar-refractivity contribution is 4.59. The second kappa shape index (κ2) is 22.2. The van der Waals surface area contributed by atoms with Crippen molar-refractivity contribution in [3.05, 3.63) is 0 Å². The van der Waals surface area contributed by atoms with Gasteiger partial charge in [0.1, 0.15) is 0 Å². The molecule has 0 amide bonds. The predicted molar refractivity (Wildman–Crippen MR) is 88.3 cm³/mol. The molecule has 0 spiro atoms. The molecule has 1 N–H and O–H groups in total. The van der Waals surface area contributed by atoms with Crippen molar-refractivity contribution in [2.24, 2.45) is 11.8 Å². The van der Waals surface area contributed by atoms with Gasteiger partial charge in [0, 0.05) is 0 Å². The van der Waals surface area contributed by atoms with E-state index in [9.17, 15) is 0 Å². The number of nitrogens with one attached hydrogen (secondary N) is 1. The summed E-state index contributed by atoms with van der Waals surface area (Å²) in [6.45, 7) is 20.0. The first kappa shape index (κ1) is 23.1. The molecule has 0 fully saturated rings. The second-order valence-electron chi connectivity index (χ2n) is 5.16. The standard InChI is InChI=1S/C9H20.C4H11N.C4H10/c1-5-7-9(6-2)8(3)4;1-3-5-4-2;1-3-4-2/h8-9H,5-7H2,1-4H3;5H,3-4H2,1-2H3;3-4H2,1-2H3. The van der Waals surface area contributed by atoms with Crippen LogP contribution in [0.15, 0.2) is 0 Å². The first-order valence-electron chi connectivity index (χ1n) is 8.25. The van der Waals surface area contributed by atoms with Crippen LogP contribution in [-0.2, 0) is 0 Å². The Balaban J connectivity index is -0.000000212. The molecule has 0 aromatic carbocycles. The van der Waals surface area contributed by atoms with Crippen molar-refractivity contribution in [1.29, 1.82) is 0 Å². The van der Waals surface area contributed by atoms with Crippen molar-refractivity contribution >= 4 is 0 Å². The number of rotatable bonds is 7. The van der Waals surface area contributed by atoms with E-state index in [0.717, 1.165) is 24.9 Å². The molecule has 1 unspecified atom stereocenters. The van der Waals surface area contributed by atoms with Crippen molar-refractivity contribution in [2.45, 2.75) is 87.5 Å². The Hall–Kier alpha value is -0.0400. The second-order valence-corrected chi connectivity index (χ2v) is 5.16. The van der Waals surface area contributed by atoms with Crippen LogP contribution in [-0.4, -0.2) is 13.1 Å². The van der Waals surface area contributed by atoms with E-state index < -0.39 is 0 Å². The molecule has 0 bridgehead atoms. The van der Waals surface area contributed by atoms with Crippen LogP contribution in [0, 0.1) is 11.8 Å². The Morgan fingerprint density at radius 1 is 0.722 bits per heavy atom. The van der Waals surface area contributed by atoms with Crippen LogP contribution in [0.2, 0.25) is 0 Å². The van der Waals surface area contributed by atoms with Crippen LogP contribution in [0.1, 0.15) is 87.5 Å². The molecule has 0 aromatic heterocycles. The first-order valence-corrected chi connectivity index (χ1v) is 8.25. The molecular formula is C17H41N. The minimum atomic E-state index is 0.884. The van der Waals surface area contributed by atoms with Gasteiger partial charge in [0.15, 0.2) is 0 Å². The Labute approximate surface area is 118 Å². The van der Waals surface area contributed by atoms with Crippen LogP contribution in [0.4, 0.5) is 0 Å². The van der Waals surface area contributed by atoms with E-state index in [4.69, 9.17) is 0 Å². The zero-order valence-corrected chi connectivity index (χ0v) is 14.6. The van der Waals surface area contributed by atoms with Gasteiger partial charge in [0.25, 0.3) is 0 Å². The molecule has 0 saturated carbocycles. The summed E-state index contributed by atoms with van der Waals surface area (Å²) in [6.07, 6.45) is 6.75. The lowest BCUT2D eigenvalue weighted by Crippen LogP contribution is -2.09. The van der Waals surface area contributed by atoms with E-state index in [2.05, 4.69) is 60.7 Å². The van der Waals surface area contributed by atoms with Crippen molar-refractivity contribution < 1.29 is 0 Å². The van der Waals surface area contributed by atoms with E-state index in [-0.39, 0.29) is 0 Å². The van der Waals surface area contributed by atoms with Crippen molar-refractivity contribution in [1.82, 2.24) is 5.32 Å². The van der Waals surface area contributed by atoms with Crippen LogP contribution in [0.25, 0.3) is 0 Å². The fourth-order valence-corrected chi connectivity index (χ4v) is 1.63. The molecule has 0 aliphatic heterocycles. The molecule has 0 aliphatic rings. The summed E-state index contributed by atoms with van der Waals surface area (Å²) in [5.74, 6) is 1.85. The van der Waals surface area contributed by atoms with Gasteiger partial charge in [-0.15, -0.1) is 0 Å². The molecular weight excluding hydrogens is 218 g/mol. The molecule has 0 radical (unpaired) electrons. The van der Waals surface area contributed by atoms with Gasteiger partial charge in [-0.25, -0.2) is 0 Å². The fraction of sp³-hybridized carbons (Fsp3) is 1.00. The smallest absolute Gasteiger partial charge is 0.00775 e. The van der Waals surface area contributed by atoms with Crippen LogP contribution < -0.4 is 5.32 Å². The highest BCUT2D eigenvalue weighted by Crippen LogP contribution is 2.19. The summed E-state index contributed by atoms with van der Waals surface area (Å²) in [6, 6.07) is 0. The third-order valence-electron chi connectivity index (χ3n) is 3.13. The lowest BCUT2D eigenvalue weighted by atomic mass is 9.89. The average Bonchev–Trinajstić information content (AvgIpc) is 2.37. The van der Waals surface area contributed by atoms with E-state index in [0.29, 0.717) is 0 Å². The Morgan fingerprint density at radius 2 is 1.17 bits per heavy atom. The fourth-order valence-electron chi connectivity index (χ4n) is 1.63. The predicted octanol–water partition coefficient (Wildman–Crippen LogP) is 5.89. The van der Waals surface area contributed by atoms with Gasteiger partial charge in [0.05, 0.1) is 0 Å². The zero-order chi connectivity index (χ0) is 14.8. The maximum absolute atomic E-state index is 3.11. The highest BCUT2D eigenvalue weighted by Gasteiger charge is 2.08. The molecule has 18 heavy (non-hydrogen) atoms. The molecule has 1 heteroatoms. The van der Waals surface area contributed by atoms with E-state index in [1.54, 1.807) is 0 Å². The largest absolute Gasteiger partial charge is 0.317 e. The maximum atomic E-state index is 3.11. The lowest BCUT2D eigenvalue weighted by molar-refractivity contribution is 0.346. The number of hydrogen-bond donors (Lipinski definition) is 1. The molecule has 114 valence electrons. The number of unbranched alkanes of at least 4 members (excludes halogenated alkanes) is 1. The minimum Gasteiger partial charge on any atom is -0.317 e. The molecule has 0 saturated heterocycles. The molecule has 1 nitrogen and oxygen atoms in total. The monoisotopic (exact) mass is 259 g/mol. The van der Waals surface area contributed by atoms with Gasteiger partial charge in [-0.2, -0.15) is 0 Å². The van der Waals surface area contributed by atoms with Crippen molar-refractivity contribution in [3.63, 3.8) is 0 Å². The average molecular weight is 260 g/mol. The summed E-state index contributed by atoms with van der Waals surface area (Å²) in [4.78, 5) is 0. The van der Waals surface area contributed by atoms with Crippen molar-refractivity contribution in [3.8, 4) is 0 Å². The SMILES string of the molecule is CCCC.CCCC(CC)C(C)C.CCNCC. The van der Waals surface area contributed by atoms with Gasteiger partial charge in [-0.1, -0.05) is 87.5 Å². The van der Waals surface area contributed by atoms with E-state index >= 15 is 0 Å². The lowest BCUT2D eigenvalue weighted by Gasteiger charge is -2.17. The number of hydrogen-bond acceptors (Lipinski definition) is 1. The van der Waals surface area contributed by atoms with Gasteiger partial charge in [-0.05, 0) is 24.9 Å². The Bertz CT molecular complexity index is 106. The van der Waals surface area contributed by atoms with Crippen LogP contribution in [0.3, 0.4) is 0 Å². The van der Waals surface area contributed by atoms with E-state index in [1.807, 2.05) is 0 Å². The Kier molecular flexibility index (Phi) is 28.4. The van der Waals surface area contributed by atoms with E-state index in [1.165, 1.54) is 32.1 Å². The molecule has 1 atom stereocenters. The van der Waals surface area contributed by atoms with Gasteiger partial charge in [-0.3, -0.25) is 0 Å². The third kappa shape index (κ3) is 25.0. The summed E-state index contributed by atoms with van der Waals surface area (Å²) in [7, 11) is 0.